The quantitative estimate of drug-likeness (QED) is 0.648. The molecule has 12 heavy (non-hydrogen) atoms. The monoisotopic (exact) mass is 177 g/mol. The second kappa shape index (κ2) is 3.37. The molecule has 1 atom stereocenters. The maximum Gasteiger partial charge on any atom is 0.248 e. The number of hydrogen-bond donors (Lipinski definition) is 1. The van der Waals surface area contributed by atoms with Gasteiger partial charge in [-0.1, -0.05) is 0 Å². The molecule has 0 radical (unpaired) electrons. The van der Waals surface area contributed by atoms with Crippen molar-refractivity contribution >= 4 is 6.41 Å². The van der Waals surface area contributed by atoms with E-state index >= 15 is 0 Å². The first-order chi connectivity index (χ1) is 5.53. The van der Waals surface area contributed by atoms with Gasteiger partial charge in [0.25, 0.3) is 0 Å². The molecule has 1 unspecified atom stereocenters. The second-order valence-electron chi connectivity index (χ2n) is 3.55. The molecule has 1 saturated carbocycles. The van der Waals surface area contributed by atoms with Crippen LogP contribution < -0.4 is 5.32 Å². The van der Waals surface area contributed by atoms with Gasteiger partial charge in [-0.3, -0.25) is 4.79 Å². The van der Waals surface area contributed by atoms with Crippen molar-refractivity contribution in [3.63, 3.8) is 0 Å². The van der Waals surface area contributed by atoms with Crippen LogP contribution in [0.5, 0.6) is 0 Å². The molecular weight excluding hydrogens is 164 g/mol. The standard InChI is InChI=1S/C8H13F2NO/c1-6(11-5-12)2-7-3-8(9,10)4-7/h5-7H,2-4H2,1H3,(H,11,12). The fourth-order valence-corrected chi connectivity index (χ4v) is 1.64. The van der Waals surface area contributed by atoms with E-state index in [9.17, 15) is 13.6 Å². The van der Waals surface area contributed by atoms with Gasteiger partial charge in [-0.25, -0.2) is 8.78 Å². The Hall–Kier alpha value is -0.670. The largest absolute Gasteiger partial charge is 0.356 e. The van der Waals surface area contributed by atoms with Crippen molar-refractivity contribution in [2.45, 2.75) is 38.2 Å². The predicted molar refractivity (Wildman–Crippen MR) is 40.9 cm³/mol. The zero-order valence-electron chi connectivity index (χ0n) is 7.02. The molecule has 0 aromatic rings. The Morgan fingerprint density at radius 3 is 2.67 bits per heavy atom. The lowest BCUT2D eigenvalue weighted by Gasteiger charge is -2.36. The lowest BCUT2D eigenvalue weighted by atomic mass is 9.78. The van der Waals surface area contributed by atoms with Crippen molar-refractivity contribution in [2.24, 2.45) is 5.92 Å². The Kier molecular flexibility index (Phi) is 2.65. The summed E-state index contributed by atoms with van der Waals surface area (Å²) in [6, 6.07) is 0.0172. The van der Waals surface area contributed by atoms with Gasteiger partial charge in [0.15, 0.2) is 0 Å². The van der Waals surface area contributed by atoms with Crippen LogP contribution >= 0.6 is 0 Å². The highest BCUT2D eigenvalue weighted by molar-refractivity contribution is 5.46. The zero-order chi connectivity index (χ0) is 9.19. The lowest BCUT2D eigenvalue weighted by molar-refractivity contribution is -0.116. The third-order valence-electron chi connectivity index (χ3n) is 2.21. The SMILES string of the molecule is CC(CC1CC(F)(F)C1)NC=O. The molecule has 0 heterocycles. The number of nitrogens with one attached hydrogen (secondary N) is 1. The van der Waals surface area contributed by atoms with Crippen LogP contribution in [0.25, 0.3) is 0 Å². The average molecular weight is 177 g/mol. The van der Waals surface area contributed by atoms with Crippen molar-refractivity contribution in [1.29, 1.82) is 0 Å². The molecule has 0 spiro atoms. The molecule has 0 saturated heterocycles. The number of carbonyl (C=O) groups excluding carboxylic acids is 1. The summed E-state index contributed by atoms with van der Waals surface area (Å²) in [4.78, 5) is 9.97. The van der Waals surface area contributed by atoms with Gasteiger partial charge in [-0.05, 0) is 19.3 Å². The summed E-state index contributed by atoms with van der Waals surface area (Å²) >= 11 is 0. The van der Waals surface area contributed by atoms with Crippen LogP contribution in [0.3, 0.4) is 0 Å². The van der Waals surface area contributed by atoms with Gasteiger partial charge >= 0.3 is 0 Å². The van der Waals surface area contributed by atoms with Crippen LogP contribution in [0.2, 0.25) is 0 Å². The van der Waals surface area contributed by atoms with Crippen molar-refractivity contribution in [2.75, 3.05) is 0 Å². The van der Waals surface area contributed by atoms with E-state index in [1.54, 1.807) is 0 Å². The van der Waals surface area contributed by atoms with Crippen molar-refractivity contribution in [3.05, 3.63) is 0 Å². The minimum absolute atomic E-state index is 0.0160. The molecule has 0 bridgehead atoms. The number of hydrogen-bond acceptors (Lipinski definition) is 1. The maximum absolute atomic E-state index is 12.3. The van der Waals surface area contributed by atoms with Gasteiger partial charge in [-0.2, -0.15) is 0 Å². The Bertz CT molecular complexity index is 164. The summed E-state index contributed by atoms with van der Waals surface area (Å²) < 4.78 is 24.7. The molecule has 1 amide bonds. The predicted octanol–water partition coefficient (Wildman–Crippen LogP) is 1.56. The number of amides is 1. The molecule has 1 rings (SSSR count). The Morgan fingerprint density at radius 2 is 2.25 bits per heavy atom. The van der Waals surface area contributed by atoms with Gasteiger partial charge < -0.3 is 5.32 Å². The second-order valence-corrected chi connectivity index (χ2v) is 3.55. The first-order valence-corrected chi connectivity index (χ1v) is 4.11. The van der Waals surface area contributed by atoms with E-state index in [-0.39, 0.29) is 24.8 Å². The minimum atomic E-state index is -2.44. The lowest BCUT2D eigenvalue weighted by Crippen LogP contribution is -2.39. The third-order valence-corrected chi connectivity index (χ3v) is 2.21. The van der Waals surface area contributed by atoms with Gasteiger partial charge in [0.05, 0.1) is 0 Å². The van der Waals surface area contributed by atoms with Gasteiger partial charge in [0.2, 0.25) is 12.3 Å². The zero-order valence-corrected chi connectivity index (χ0v) is 7.02. The van der Waals surface area contributed by atoms with Crippen LogP contribution in [0.4, 0.5) is 8.78 Å². The van der Waals surface area contributed by atoms with E-state index in [1.807, 2.05) is 6.92 Å². The van der Waals surface area contributed by atoms with E-state index in [0.29, 0.717) is 12.8 Å². The molecule has 0 aromatic heterocycles. The maximum atomic E-state index is 12.3. The average Bonchev–Trinajstić information content (AvgIpc) is 1.83. The van der Waals surface area contributed by atoms with Crippen LogP contribution in [-0.4, -0.2) is 18.4 Å². The fraction of sp³-hybridized carbons (Fsp3) is 0.875. The van der Waals surface area contributed by atoms with E-state index < -0.39 is 5.92 Å². The fourth-order valence-electron chi connectivity index (χ4n) is 1.64. The minimum Gasteiger partial charge on any atom is -0.356 e. The highest BCUT2D eigenvalue weighted by Crippen LogP contribution is 2.44. The number of carbonyl (C=O) groups is 1. The third kappa shape index (κ3) is 2.43. The molecular formula is C8H13F2NO. The molecule has 1 aliphatic carbocycles. The van der Waals surface area contributed by atoms with Gasteiger partial charge in [-0.15, -0.1) is 0 Å². The molecule has 2 nitrogen and oxygen atoms in total. The van der Waals surface area contributed by atoms with Crippen LogP contribution in [0.15, 0.2) is 0 Å². The molecule has 0 aromatic carbocycles. The summed E-state index contributed by atoms with van der Waals surface area (Å²) in [5.41, 5.74) is 0. The summed E-state index contributed by atoms with van der Waals surface area (Å²) in [5.74, 6) is -2.35. The Labute approximate surface area is 70.3 Å². The van der Waals surface area contributed by atoms with E-state index in [1.165, 1.54) is 0 Å². The van der Waals surface area contributed by atoms with Crippen molar-refractivity contribution < 1.29 is 13.6 Å². The van der Waals surface area contributed by atoms with Crippen molar-refractivity contribution in [3.8, 4) is 0 Å². The Morgan fingerprint density at radius 1 is 1.67 bits per heavy atom. The molecule has 1 aliphatic rings. The number of rotatable bonds is 4. The first-order valence-electron chi connectivity index (χ1n) is 4.11. The molecule has 1 N–H and O–H groups in total. The smallest absolute Gasteiger partial charge is 0.248 e. The summed E-state index contributed by atoms with van der Waals surface area (Å²) in [6.45, 7) is 1.82. The first kappa shape index (κ1) is 9.42. The summed E-state index contributed by atoms with van der Waals surface area (Å²) in [7, 11) is 0. The molecule has 1 fully saturated rings. The van der Waals surface area contributed by atoms with Gasteiger partial charge in [0, 0.05) is 18.9 Å². The molecule has 0 aliphatic heterocycles. The van der Waals surface area contributed by atoms with Crippen LogP contribution in [0, 0.1) is 5.92 Å². The molecule has 4 heteroatoms. The number of halogens is 2. The summed E-state index contributed by atoms with van der Waals surface area (Å²) in [5, 5.41) is 2.55. The van der Waals surface area contributed by atoms with Crippen LogP contribution in [-0.2, 0) is 4.79 Å². The summed E-state index contributed by atoms with van der Waals surface area (Å²) in [6.07, 6.45) is 1.24. The van der Waals surface area contributed by atoms with Crippen molar-refractivity contribution in [1.82, 2.24) is 5.32 Å². The highest BCUT2D eigenvalue weighted by Gasteiger charge is 2.45. The number of alkyl halides is 2. The Balaban J connectivity index is 2.14. The topological polar surface area (TPSA) is 29.1 Å². The van der Waals surface area contributed by atoms with E-state index in [2.05, 4.69) is 5.32 Å². The van der Waals surface area contributed by atoms with Crippen LogP contribution in [0.1, 0.15) is 26.2 Å². The van der Waals surface area contributed by atoms with E-state index in [0.717, 1.165) is 0 Å². The molecule has 70 valence electrons. The highest BCUT2D eigenvalue weighted by atomic mass is 19.3. The van der Waals surface area contributed by atoms with E-state index in [4.69, 9.17) is 0 Å². The normalized spacial score (nSPS) is 24.2. The van der Waals surface area contributed by atoms with Gasteiger partial charge in [0.1, 0.15) is 0 Å².